The van der Waals surface area contributed by atoms with Gasteiger partial charge in [-0.1, -0.05) is 0 Å². The normalized spacial score (nSPS) is 16.8. The van der Waals surface area contributed by atoms with Crippen molar-refractivity contribution in [3.8, 4) is 0 Å². The quantitative estimate of drug-likeness (QED) is 0.783. The number of pyridine rings is 1. The molecule has 82 valence electrons. The second-order valence-corrected chi connectivity index (χ2v) is 4.51. The first-order chi connectivity index (χ1) is 7.02. The van der Waals surface area contributed by atoms with Crippen LogP contribution in [0.15, 0.2) is 17.2 Å². The summed E-state index contributed by atoms with van der Waals surface area (Å²) in [7, 11) is 6.49. The first-order valence-electron chi connectivity index (χ1n) is 4.38. The van der Waals surface area contributed by atoms with Crippen molar-refractivity contribution < 1.29 is 13.2 Å². The summed E-state index contributed by atoms with van der Waals surface area (Å²) in [5.41, 5.74) is -0.156. The van der Waals surface area contributed by atoms with E-state index in [1.165, 1.54) is 6.20 Å². The van der Waals surface area contributed by atoms with Gasteiger partial charge in [0.2, 0.25) is 0 Å². The Labute approximate surface area is 93.5 Å². The molecule has 0 bridgehead atoms. The zero-order valence-electron chi connectivity index (χ0n) is 7.51. The predicted octanol–water partition coefficient (Wildman–Crippen LogP) is 4.22. The van der Waals surface area contributed by atoms with Gasteiger partial charge in [-0.05, 0) is 52.0 Å². The number of aromatic nitrogens is 1. The van der Waals surface area contributed by atoms with E-state index in [0.717, 1.165) is 29.9 Å². The van der Waals surface area contributed by atoms with Crippen molar-refractivity contribution in [3.05, 3.63) is 23.5 Å². The predicted molar refractivity (Wildman–Crippen MR) is 52.9 cm³/mol. The number of hydrogen-bond donors (Lipinski definition) is 0. The van der Waals surface area contributed by atoms with Gasteiger partial charge < -0.3 is 0 Å². The molecule has 0 N–H and O–H groups in total. The minimum absolute atomic E-state index is 0.232. The lowest BCUT2D eigenvalue weighted by Crippen LogP contribution is -2.08. The highest BCUT2D eigenvalue weighted by atomic mass is 35.7. The smallest absolute Gasteiger partial charge is 0.251 e. The molecule has 0 unspecified atom stereocenters. The summed E-state index contributed by atoms with van der Waals surface area (Å²) in [5.74, 6) is 0.232. The Morgan fingerprint density at radius 3 is 2.53 bits per heavy atom. The Morgan fingerprint density at radius 2 is 2.07 bits per heavy atom. The van der Waals surface area contributed by atoms with E-state index in [1.807, 2.05) is 0 Å². The van der Waals surface area contributed by atoms with E-state index in [9.17, 15) is 13.2 Å². The highest BCUT2D eigenvalue weighted by Gasteiger charge is 2.35. The van der Waals surface area contributed by atoms with Crippen LogP contribution >= 0.6 is 21.7 Å². The van der Waals surface area contributed by atoms with E-state index in [1.54, 1.807) is 0 Å². The van der Waals surface area contributed by atoms with Gasteiger partial charge in [-0.25, -0.2) is 0 Å². The van der Waals surface area contributed by atoms with Crippen LogP contribution in [0.2, 0.25) is 0 Å². The average molecular weight is 254 g/mol. The minimum Gasteiger partial charge on any atom is -0.251 e. The molecule has 1 aromatic heterocycles. The molecule has 0 aliphatic heterocycles. The van der Waals surface area contributed by atoms with Crippen LogP contribution in [0.1, 0.15) is 30.0 Å². The highest BCUT2D eigenvalue weighted by molar-refractivity contribution is 8.21. The molecular weight excluding hydrogens is 247 g/mol. The van der Waals surface area contributed by atoms with E-state index in [2.05, 4.69) is 4.98 Å². The molecule has 0 atom stereocenters. The third-order valence-electron chi connectivity index (χ3n) is 2.29. The van der Waals surface area contributed by atoms with Crippen molar-refractivity contribution in [2.75, 3.05) is 0 Å². The second-order valence-electron chi connectivity index (χ2n) is 3.46. The summed E-state index contributed by atoms with van der Waals surface area (Å²) in [6, 6.07) is 1.11. The summed E-state index contributed by atoms with van der Waals surface area (Å²) < 4.78 is 37.2. The number of halogens is 4. The van der Waals surface area contributed by atoms with Gasteiger partial charge in [0.25, 0.3) is 0 Å². The molecule has 0 saturated heterocycles. The maximum absolute atomic E-state index is 12.4. The maximum atomic E-state index is 12.4. The molecule has 0 amide bonds. The Balaban J connectivity index is 2.40. The molecule has 1 aromatic rings. The molecule has 0 spiro atoms. The van der Waals surface area contributed by atoms with Crippen LogP contribution < -0.4 is 0 Å². The zero-order valence-corrected chi connectivity index (χ0v) is 9.09. The van der Waals surface area contributed by atoms with Crippen LogP contribution in [0.3, 0.4) is 0 Å². The van der Waals surface area contributed by atoms with Gasteiger partial charge in [0.1, 0.15) is 5.69 Å². The maximum Gasteiger partial charge on any atom is 0.433 e. The number of rotatable bonds is 2. The van der Waals surface area contributed by atoms with Gasteiger partial charge in [-0.2, -0.15) is 13.2 Å². The van der Waals surface area contributed by atoms with Gasteiger partial charge in [0.05, 0.1) is 0 Å². The summed E-state index contributed by atoms with van der Waals surface area (Å²) >= 11 is 0. The second kappa shape index (κ2) is 3.87. The van der Waals surface area contributed by atoms with Crippen molar-refractivity contribution in [2.24, 2.45) is 0 Å². The van der Waals surface area contributed by atoms with Crippen LogP contribution in [-0.2, 0) is 6.18 Å². The molecule has 1 fully saturated rings. The lowest BCUT2D eigenvalue weighted by Gasteiger charge is -2.09. The molecule has 2 rings (SSSR count). The summed E-state index contributed by atoms with van der Waals surface area (Å²) in [5, 5.41) is 0. The molecule has 0 radical (unpaired) electrons. The summed E-state index contributed by atoms with van der Waals surface area (Å²) in [6.45, 7) is 0. The molecule has 1 nitrogen and oxygen atoms in total. The Hall–Kier alpha value is -0.420. The molecule has 6 heteroatoms. The van der Waals surface area contributed by atoms with Gasteiger partial charge in [0.15, 0.2) is 0 Å². The van der Waals surface area contributed by atoms with E-state index in [0.29, 0.717) is 10.5 Å². The SMILES string of the molecule is FC(F)(F)c1cc(C2CC2)c(SCl)cn1. The van der Waals surface area contributed by atoms with E-state index in [4.69, 9.17) is 10.7 Å². The van der Waals surface area contributed by atoms with Crippen LogP contribution in [0.25, 0.3) is 0 Å². The lowest BCUT2D eigenvalue weighted by molar-refractivity contribution is -0.141. The third-order valence-corrected chi connectivity index (χ3v) is 3.29. The molecule has 1 heterocycles. The van der Waals surface area contributed by atoms with Crippen molar-refractivity contribution >= 4 is 21.7 Å². The van der Waals surface area contributed by atoms with Crippen LogP contribution in [0, 0.1) is 0 Å². The van der Waals surface area contributed by atoms with E-state index >= 15 is 0 Å². The fraction of sp³-hybridized carbons (Fsp3) is 0.444. The van der Waals surface area contributed by atoms with E-state index in [-0.39, 0.29) is 5.92 Å². The first kappa shape index (κ1) is 11.1. The monoisotopic (exact) mass is 253 g/mol. The Kier molecular flexibility index (Phi) is 2.85. The van der Waals surface area contributed by atoms with Crippen molar-refractivity contribution in [2.45, 2.75) is 29.8 Å². The Bertz CT molecular complexity index is 376. The molecule has 1 aliphatic rings. The standard InChI is InChI=1S/C9H7ClF3NS/c10-15-7-4-14-8(9(11,12)13)3-6(7)5-1-2-5/h3-5H,1-2H2. The summed E-state index contributed by atoms with van der Waals surface area (Å²) in [4.78, 5) is 3.99. The van der Waals surface area contributed by atoms with Gasteiger partial charge in [0, 0.05) is 11.1 Å². The van der Waals surface area contributed by atoms with Crippen LogP contribution in [0.5, 0.6) is 0 Å². The fourth-order valence-corrected chi connectivity index (χ4v) is 2.19. The molecule has 1 aliphatic carbocycles. The van der Waals surface area contributed by atoms with Crippen LogP contribution in [0.4, 0.5) is 13.2 Å². The molecule has 15 heavy (non-hydrogen) atoms. The Morgan fingerprint density at radius 1 is 1.40 bits per heavy atom. The molecule has 1 saturated carbocycles. The highest BCUT2D eigenvalue weighted by Crippen LogP contribution is 2.45. The van der Waals surface area contributed by atoms with Gasteiger partial charge in [-0.15, -0.1) is 0 Å². The molecule has 0 aromatic carbocycles. The van der Waals surface area contributed by atoms with Crippen molar-refractivity contribution in [3.63, 3.8) is 0 Å². The van der Waals surface area contributed by atoms with Gasteiger partial charge >= 0.3 is 6.18 Å². The van der Waals surface area contributed by atoms with Crippen molar-refractivity contribution in [1.82, 2.24) is 4.98 Å². The van der Waals surface area contributed by atoms with Crippen molar-refractivity contribution in [1.29, 1.82) is 0 Å². The minimum atomic E-state index is -4.38. The number of alkyl halides is 3. The zero-order chi connectivity index (χ0) is 11.1. The largest absolute Gasteiger partial charge is 0.433 e. The lowest BCUT2D eigenvalue weighted by atomic mass is 10.1. The third kappa shape index (κ3) is 2.39. The topological polar surface area (TPSA) is 12.9 Å². The summed E-state index contributed by atoms with van der Waals surface area (Å²) in [6.07, 6.45) is -1.30. The number of hydrogen-bond acceptors (Lipinski definition) is 2. The number of nitrogens with zero attached hydrogens (tertiary/aromatic N) is 1. The van der Waals surface area contributed by atoms with E-state index < -0.39 is 11.9 Å². The first-order valence-corrected chi connectivity index (χ1v) is 6.02. The average Bonchev–Trinajstić information content (AvgIpc) is 2.98. The molecular formula is C9H7ClF3NS. The van der Waals surface area contributed by atoms with Crippen LogP contribution in [-0.4, -0.2) is 4.98 Å². The fourth-order valence-electron chi connectivity index (χ4n) is 1.39. The van der Waals surface area contributed by atoms with Gasteiger partial charge in [-0.3, -0.25) is 4.98 Å².